The maximum absolute atomic E-state index is 13.4. The van der Waals surface area contributed by atoms with E-state index in [4.69, 9.17) is 24.7 Å². The van der Waals surface area contributed by atoms with Crippen molar-refractivity contribution in [2.24, 2.45) is 5.73 Å². The quantitative estimate of drug-likeness (QED) is 0.338. The molecule has 0 saturated carbocycles. The number of aromatic nitrogens is 1. The van der Waals surface area contributed by atoms with Gasteiger partial charge in [0.1, 0.15) is 22.8 Å². The van der Waals surface area contributed by atoms with Crippen LogP contribution in [0.25, 0.3) is 10.9 Å². The molecule has 0 radical (unpaired) electrons. The van der Waals surface area contributed by atoms with Crippen molar-refractivity contribution in [3.05, 3.63) is 88.5 Å². The molecule has 1 aliphatic rings. The molecule has 2 aromatic carbocycles. The van der Waals surface area contributed by atoms with Crippen LogP contribution in [0.4, 0.5) is 10.5 Å². The number of anilines is 1. The summed E-state index contributed by atoms with van der Waals surface area (Å²) in [5.41, 5.74) is 5.98. The number of nitriles is 1. The van der Waals surface area contributed by atoms with Crippen LogP contribution in [0.15, 0.2) is 77.3 Å². The van der Waals surface area contributed by atoms with E-state index >= 15 is 0 Å². The van der Waals surface area contributed by atoms with Crippen LogP contribution < -0.4 is 10.6 Å². The number of fused-ring (bicyclic) bond motifs is 1. The molecule has 0 amide bonds. The van der Waals surface area contributed by atoms with Gasteiger partial charge in [-0.2, -0.15) is 5.26 Å². The second-order valence-electron chi connectivity index (χ2n) is 10.4. The van der Waals surface area contributed by atoms with Gasteiger partial charge in [0.05, 0.1) is 50.0 Å². The number of allylic oxidation sites excluding steroid dienone is 1. The molecule has 0 aliphatic carbocycles. The molecule has 0 bridgehead atoms. The number of nitrogens with two attached hydrogens (primary N) is 1. The van der Waals surface area contributed by atoms with Crippen molar-refractivity contribution in [3.8, 4) is 6.07 Å². The average molecular weight is 587 g/mol. The number of hydrogen-bond donors (Lipinski definition) is 1. The first-order valence-electron chi connectivity index (χ1n) is 13.0. The van der Waals surface area contributed by atoms with E-state index in [1.807, 2.05) is 0 Å². The van der Waals surface area contributed by atoms with Crippen LogP contribution in [0.3, 0.4) is 0 Å². The molecule has 222 valence electrons. The van der Waals surface area contributed by atoms with Gasteiger partial charge in [0.15, 0.2) is 0 Å². The number of benzene rings is 2. The van der Waals surface area contributed by atoms with Gasteiger partial charge in [-0.15, -0.1) is 0 Å². The Balaban J connectivity index is 2.07. The predicted molar refractivity (Wildman–Crippen MR) is 154 cm³/mol. The summed E-state index contributed by atoms with van der Waals surface area (Å²) in [6.07, 6.45) is -0.858. The second kappa shape index (κ2) is 11.7. The maximum Gasteiger partial charge on any atom is 0.419 e. The number of carbonyl (C=O) groups excluding carboxylic acids is 4. The van der Waals surface area contributed by atoms with Crippen LogP contribution >= 0.6 is 0 Å². The molecule has 12 heteroatoms. The van der Waals surface area contributed by atoms with Gasteiger partial charge >= 0.3 is 24.0 Å². The van der Waals surface area contributed by atoms with Crippen molar-refractivity contribution in [3.63, 3.8) is 0 Å². The lowest BCUT2D eigenvalue weighted by atomic mass is 9.81. The van der Waals surface area contributed by atoms with Crippen LogP contribution in [0.1, 0.15) is 42.7 Å². The summed E-state index contributed by atoms with van der Waals surface area (Å²) >= 11 is 0. The topological polar surface area (TPSA) is 163 Å². The highest BCUT2D eigenvalue weighted by Gasteiger charge is 2.43. The van der Waals surface area contributed by atoms with Crippen LogP contribution in [0, 0.1) is 11.3 Å². The molecule has 1 atom stereocenters. The van der Waals surface area contributed by atoms with Crippen LogP contribution in [0.5, 0.6) is 0 Å². The SMILES string of the molecule is COC(=O)C1=C(C(=O)OC)N(c2ccc3cc(C(=O)OC)n(C(=O)OC(C)(C)C)c3c2)C(N)=C(C#N)C1c1ccccc1. The number of methoxy groups -OCH3 is 3. The lowest BCUT2D eigenvalue weighted by molar-refractivity contribution is -0.139. The van der Waals surface area contributed by atoms with E-state index in [1.54, 1.807) is 63.2 Å². The zero-order chi connectivity index (χ0) is 31.6. The smallest absolute Gasteiger partial charge is 0.419 e. The summed E-state index contributed by atoms with van der Waals surface area (Å²) in [7, 11) is 3.47. The molecule has 12 nitrogen and oxygen atoms in total. The van der Waals surface area contributed by atoms with Crippen LogP contribution in [-0.2, 0) is 28.5 Å². The van der Waals surface area contributed by atoms with Crippen molar-refractivity contribution in [1.29, 1.82) is 5.26 Å². The predicted octanol–water partition coefficient (Wildman–Crippen LogP) is 4.11. The number of rotatable bonds is 5. The van der Waals surface area contributed by atoms with Crippen molar-refractivity contribution in [2.45, 2.75) is 32.3 Å². The highest BCUT2D eigenvalue weighted by Crippen LogP contribution is 2.43. The lowest BCUT2D eigenvalue weighted by Crippen LogP contribution is -2.40. The third kappa shape index (κ3) is 5.52. The minimum absolute atomic E-state index is 0.0304. The number of carbonyl (C=O) groups is 4. The third-order valence-electron chi connectivity index (χ3n) is 6.63. The Labute approximate surface area is 247 Å². The Kier molecular flexibility index (Phi) is 8.29. The lowest BCUT2D eigenvalue weighted by Gasteiger charge is -2.36. The fourth-order valence-corrected chi connectivity index (χ4v) is 4.87. The van der Waals surface area contributed by atoms with Crippen molar-refractivity contribution in [1.82, 2.24) is 4.57 Å². The van der Waals surface area contributed by atoms with Gasteiger partial charge in [-0.25, -0.2) is 23.7 Å². The van der Waals surface area contributed by atoms with Crippen LogP contribution in [-0.4, -0.2) is 55.5 Å². The minimum Gasteiger partial charge on any atom is -0.466 e. The highest BCUT2D eigenvalue weighted by molar-refractivity contribution is 6.07. The van der Waals surface area contributed by atoms with E-state index in [2.05, 4.69) is 6.07 Å². The molecule has 1 aromatic heterocycles. The molecule has 0 spiro atoms. The number of ether oxygens (including phenoxy) is 4. The van der Waals surface area contributed by atoms with E-state index in [-0.39, 0.29) is 39.6 Å². The Bertz CT molecular complexity index is 1740. The first-order valence-corrected chi connectivity index (χ1v) is 13.0. The fraction of sp³-hybridized carbons (Fsp3) is 0.258. The third-order valence-corrected chi connectivity index (χ3v) is 6.63. The standard InChI is InChI=1S/C31H30N4O8/c1-31(2,3)43-30(39)35-21-15-19(13-12-18(21)14-22(35)27(36)40-4)34-25(29(38)42-6)24(28(37)41-5)23(20(16-32)26(34)33)17-10-8-7-9-11-17/h7-15,23H,33H2,1-6H3. The number of hydrogen-bond acceptors (Lipinski definition) is 11. The van der Waals surface area contributed by atoms with Gasteiger partial charge in [0, 0.05) is 11.1 Å². The molecule has 2 heterocycles. The van der Waals surface area contributed by atoms with Crippen molar-refractivity contribution < 1.29 is 38.1 Å². The van der Waals surface area contributed by atoms with E-state index < -0.39 is 35.5 Å². The van der Waals surface area contributed by atoms with Crippen molar-refractivity contribution >= 4 is 40.6 Å². The Morgan fingerprint density at radius 2 is 1.51 bits per heavy atom. The Morgan fingerprint density at radius 3 is 2.07 bits per heavy atom. The minimum atomic E-state index is -1.05. The molecule has 4 rings (SSSR count). The Hall–Kier alpha value is -5.57. The first kappa shape index (κ1) is 30.4. The average Bonchev–Trinajstić information content (AvgIpc) is 3.37. The second-order valence-corrected chi connectivity index (χ2v) is 10.4. The zero-order valence-corrected chi connectivity index (χ0v) is 24.5. The van der Waals surface area contributed by atoms with Gasteiger partial charge in [0.2, 0.25) is 0 Å². The monoisotopic (exact) mass is 586 g/mol. The highest BCUT2D eigenvalue weighted by atomic mass is 16.6. The zero-order valence-electron chi connectivity index (χ0n) is 24.5. The maximum atomic E-state index is 13.4. The summed E-state index contributed by atoms with van der Waals surface area (Å²) in [5, 5.41) is 10.7. The summed E-state index contributed by atoms with van der Waals surface area (Å²) < 4.78 is 21.6. The summed E-state index contributed by atoms with van der Waals surface area (Å²) in [4.78, 5) is 53.9. The molecule has 0 fully saturated rings. The number of nitrogens with zero attached hydrogens (tertiary/aromatic N) is 3. The summed E-state index contributed by atoms with van der Waals surface area (Å²) in [6.45, 7) is 5.02. The molecule has 2 N–H and O–H groups in total. The molecule has 1 aliphatic heterocycles. The molecule has 3 aromatic rings. The Morgan fingerprint density at radius 1 is 0.884 bits per heavy atom. The van der Waals surface area contributed by atoms with Gasteiger partial charge in [-0.05, 0) is 44.5 Å². The summed E-state index contributed by atoms with van der Waals surface area (Å²) in [6, 6.07) is 16.7. The fourth-order valence-electron chi connectivity index (χ4n) is 4.87. The molecular formula is C31H30N4O8. The number of esters is 3. The van der Waals surface area contributed by atoms with E-state index in [0.29, 0.717) is 10.9 Å². The first-order chi connectivity index (χ1) is 20.4. The molecular weight excluding hydrogens is 556 g/mol. The van der Waals surface area contributed by atoms with Crippen molar-refractivity contribution in [2.75, 3.05) is 26.2 Å². The summed E-state index contributed by atoms with van der Waals surface area (Å²) in [5.74, 6) is -3.82. The van der Waals surface area contributed by atoms with Gasteiger partial charge in [-0.1, -0.05) is 36.4 Å². The largest absolute Gasteiger partial charge is 0.466 e. The normalized spacial score (nSPS) is 15.2. The molecule has 1 unspecified atom stereocenters. The molecule has 0 saturated heterocycles. The van der Waals surface area contributed by atoms with E-state index in [1.165, 1.54) is 24.1 Å². The van der Waals surface area contributed by atoms with Gasteiger partial charge in [0.25, 0.3) is 0 Å². The van der Waals surface area contributed by atoms with Crippen LogP contribution in [0.2, 0.25) is 0 Å². The van der Waals surface area contributed by atoms with E-state index in [9.17, 15) is 24.4 Å². The van der Waals surface area contributed by atoms with Gasteiger partial charge < -0.3 is 24.7 Å². The van der Waals surface area contributed by atoms with E-state index in [0.717, 1.165) is 18.8 Å². The van der Waals surface area contributed by atoms with Gasteiger partial charge in [-0.3, -0.25) is 4.90 Å². The molecule has 43 heavy (non-hydrogen) atoms.